The molecule has 0 aliphatic rings. The van der Waals surface area contributed by atoms with Crippen molar-refractivity contribution in [3.63, 3.8) is 0 Å². The van der Waals surface area contributed by atoms with Gasteiger partial charge in [-0.15, -0.1) is 0 Å². The van der Waals surface area contributed by atoms with Crippen LogP contribution in [0.2, 0.25) is 0 Å². The van der Waals surface area contributed by atoms with Crippen LogP contribution in [0.4, 0.5) is 23.8 Å². The zero-order valence-corrected chi connectivity index (χ0v) is 7.71. The Morgan fingerprint density at radius 1 is 1.67 bits per heavy atom. The fourth-order valence-electron chi connectivity index (χ4n) is 0.785. The third kappa shape index (κ3) is 3.88. The van der Waals surface area contributed by atoms with Crippen LogP contribution in [0, 0.1) is 0 Å². The predicted octanol–water partition coefficient (Wildman–Crippen LogP) is 1.53. The van der Waals surface area contributed by atoms with Crippen molar-refractivity contribution < 1.29 is 22.7 Å². The zero-order valence-electron chi connectivity index (χ0n) is 7.71. The van der Waals surface area contributed by atoms with E-state index in [-0.39, 0.29) is 5.82 Å². The van der Waals surface area contributed by atoms with Gasteiger partial charge in [-0.05, 0) is 0 Å². The Bertz CT molecular complexity index is 347. The molecule has 0 aliphatic carbocycles. The molecule has 0 saturated heterocycles. The van der Waals surface area contributed by atoms with Crippen molar-refractivity contribution in [2.45, 2.75) is 6.18 Å². The van der Waals surface area contributed by atoms with E-state index in [2.05, 4.69) is 15.2 Å². The summed E-state index contributed by atoms with van der Waals surface area (Å²) in [6, 6.07) is 1.43. The molecule has 1 aromatic rings. The van der Waals surface area contributed by atoms with E-state index in [1.165, 1.54) is 24.0 Å². The highest BCUT2D eigenvalue weighted by molar-refractivity contribution is 5.83. The van der Waals surface area contributed by atoms with Gasteiger partial charge in [-0.2, -0.15) is 18.3 Å². The molecule has 0 radical (unpaired) electrons. The summed E-state index contributed by atoms with van der Waals surface area (Å²) in [6.45, 7) is -1.61. The normalized spacial score (nSPS) is 11.2. The average Bonchev–Trinajstić information content (AvgIpc) is 2.47. The molecular weight excluding hydrogens is 215 g/mol. The summed E-state index contributed by atoms with van der Waals surface area (Å²) in [7, 11) is 1.53. The lowest BCUT2D eigenvalue weighted by Crippen LogP contribution is -2.24. The summed E-state index contributed by atoms with van der Waals surface area (Å²) in [5.41, 5.74) is 0. The molecule has 1 rings (SSSR count). The maximum atomic E-state index is 11.7. The number of nitrogens with zero attached hydrogens (tertiary/aromatic N) is 2. The number of aryl methyl sites for hydroxylation is 1. The van der Waals surface area contributed by atoms with Crippen LogP contribution in [0.5, 0.6) is 0 Å². The van der Waals surface area contributed by atoms with E-state index in [1.54, 1.807) is 0 Å². The lowest BCUT2D eigenvalue weighted by Gasteiger charge is -2.08. The first kappa shape index (κ1) is 11.3. The molecule has 0 saturated carbocycles. The Hall–Kier alpha value is -1.73. The Kier molecular flexibility index (Phi) is 3.17. The van der Waals surface area contributed by atoms with E-state index in [4.69, 9.17) is 0 Å². The second kappa shape index (κ2) is 4.20. The molecule has 84 valence electrons. The predicted molar refractivity (Wildman–Crippen MR) is 44.2 cm³/mol. The number of hydrogen-bond donors (Lipinski definition) is 1. The summed E-state index contributed by atoms with van der Waals surface area (Å²) < 4.78 is 40.2. The third-order valence-electron chi connectivity index (χ3n) is 1.42. The fraction of sp³-hybridized carbons (Fsp3) is 0.429. The van der Waals surface area contributed by atoms with Crippen molar-refractivity contribution in [2.75, 3.05) is 11.9 Å². The highest BCUT2D eigenvalue weighted by atomic mass is 19.4. The van der Waals surface area contributed by atoms with Crippen molar-refractivity contribution in [1.82, 2.24) is 9.78 Å². The molecule has 0 bridgehead atoms. The number of hydrogen-bond acceptors (Lipinski definition) is 3. The van der Waals surface area contributed by atoms with Crippen LogP contribution in [0.1, 0.15) is 0 Å². The van der Waals surface area contributed by atoms with E-state index in [9.17, 15) is 18.0 Å². The van der Waals surface area contributed by atoms with Gasteiger partial charge in [-0.1, -0.05) is 0 Å². The maximum Gasteiger partial charge on any atom is 0.422 e. The Morgan fingerprint density at radius 3 is 2.80 bits per heavy atom. The van der Waals surface area contributed by atoms with E-state index in [0.29, 0.717) is 0 Å². The SMILES string of the molecule is Cn1nccc1NC(=O)OCC(F)(F)F. The fourth-order valence-corrected chi connectivity index (χ4v) is 0.785. The topological polar surface area (TPSA) is 56.2 Å². The Labute approximate surface area is 82.8 Å². The van der Waals surface area contributed by atoms with E-state index >= 15 is 0 Å². The van der Waals surface area contributed by atoms with Crippen LogP contribution < -0.4 is 5.32 Å². The van der Waals surface area contributed by atoms with E-state index < -0.39 is 18.9 Å². The van der Waals surface area contributed by atoms with Gasteiger partial charge < -0.3 is 4.74 Å². The highest BCUT2D eigenvalue weighted by Crippen LogP contribution is 2.15. The Morgan fingerprint density at radius 2 is 2.33 bits per heavy atom. The molecule has 0 unspecified atom stereocenters. The molecule has 8 heteroatoms. The standard InChI is InChI=1S/C7H8F3N3O2/c1-13-5(2-3-11-13)12-6(14)15-4-7(8,9)10/h2-3H,4H2,1H3,(H,12,14). The molecule has 1 amide bonds. The molecule has 0 aromatic carbocycles. The van der Waals surface area contributed by atoms with Crippen LogP contribution in [0.25, 0.3) is 0 Å². The van der Waals surface area contributed by atoms with E-state index in [1.807, 2.05) is 0 Å². The van der Waals surface area contributed by atoms with Gasteiger partial charge in [0.05, 0.1) is 6.20 Å². The number of anilines is 1. The lowest BCUT2D eigenvalue weighted by molar-refractivity contribution is -0.159. The molecule has 1 N–H and O–H groups in total. The second-order valence-corrected chi connectivity index (χ2v) is 2.66. The summed E-state index contributed by atoms with van der Waals surface area (Å²) in [6.07, 6.45) is -4.31. The quantitative estimate of drug-likeness (QED) is 0.827. The molecule has 5 nitrogen and oxygen atoms in total. The first-order chi connectivity index (χ1) is 6.88. The van der Waals surface area contributed by atoms with Gasteiger partial charge in [0.1, 0.15) is 5.82 Å². The molecule has 0 aliphatic heterocycles. The number of carbonyl (C=O) groups is 1. The maximum absolute atomic E-state index is 11.7. The van der Waals surface area contributed by atoms with Gasteiger partial charge >= 0.3 is 12.3 Å². The summed E-state index contributed by atoms with van der Waals surface area (Å²) >= 11 is 0. The molecule has 0 spiro atoms. The smallest absolute Gasteiger partial charge is 0.422 e. The van der Waals surface area contributed by atoms with Gasteiger partial charge in [0.25, 0.3) is 0 Å². The molecule has 1 aromatic heterocycles. The molecule has 0 atom stereocenters. The van der Waals surface area contributed by atoms with Gasteiger partial charge in [0, 0.05) is 13.1 Å². The van der Waals surface area contributed by atoms with Gasteiger partial charge in [-0.25, -0.2) is 4.79 Å². The minimum absolute atomic E-state index is 0.252. The minimum Gasteiger partial charge on any atom is -0.440 e. The van der Waals surface area contributed by atoms with Gasteiger partial charge in [-0.3, -0.25) is 10.00 Å². The first-order valence-corrected chi connectivity index (χ1v) is 3.87. The number of ether oxygens (including phenoxy) is 1. The van der Waals surface area contributed by atoms with Crippen molar-refractivity contribution in [3.8, 4) is 0 Å². The van der Waals surface area contributed by atoms with Gasteiger partial charge in [0.2, 0.25) is 0 Å². The Balaban J connectivity index is 2.41. The van der Waals surface area contributed by atoms with Crippen molar-refractivity contribution in [2.24, 2.45) is 7.05 Å². The van der Waals surface area contributed by atoms with Crippen LogP contribution in [-0.4, -0.2) is 28.7 Å². The number of aromatic nitrogens is 2. The van der Waals surface area contributed by atoms with Crippen LogP contribution in [0.3, 0.4) is 0 Å². The number of carbonyl (C=O) groups excluding carboxylic acids is 1. The number of amides is 1. The molecular formula is C7H8F3N3O2. The second-order valence-electron chi connectivity index (χ2n) is 2.66. The molecule has 1 heterocycles. The molecule has 15 heavy (non-hydrogen) atoms. The first-order valence-electron chi connectivity index (χ1n) is 3.87. The van der Waals surface area contributed by atoms with Crippen LogP contribution in [0.15, 0.2) is 12.3 Å². The number of halogens is 3. The molecule has 0 fully saturated rings. The summed E-state index contributed by atoms with van der Waals surface area (Å²) in [4.78, 5) is 10.8. The third-order valence-corrected chi connectivity index (χ3v) is 1.42. The monoisotopic (exact) mass is 223 g/mol. The van der Waals surface area contributed by atoms with E-state index in [0.717, 1.165) is 0 Å². The van der Waals surface area contributed by atoms with Crippen molar-refractivity contribution >= 4 is 11.9 Å². The zero-order chi connectivity index (χ0) is 11.5. The summed E-state index contributed by atoms with van der Waals surface area (Å²) in [5, 5.41) is 5.80. The largest absolute Gasteiger partial charge is 0.440 e. The van der Waals surface area contributed by atoms with Gasteiger partial charge in [0.15, 0.2) is 6.61 Å². The van der Waals surface area contributed by atoms with Crippen molar-refractivity contribution in [1.29, 1.82) is 0 Å². The average molecular weight is 223 g/mol. The lowest BCUT2D eigenvalue weighted by atomic mass is 10.6. The van der Waals surface area contributed by atoms with Crippen molar-refractivity contribution in [3.05, 3.63) is 12.3 Å². The highest BCUT2D eigenvalue weighted by Gasteiger charge is 2.29. The number of alkyl halides is 3. The van der Waals surface area contributed by atoms with Crippen LogP contribution >= 0.6 is 0 Å². The van der Waals surface area contributed by atoms with Crippen LogP contribution in [-0.2, 0) is 11.8 Å². The minimum atomic E-state index is -4.52. The number of rotatable bonds is 2. The summed E-state index contributed by atoms with van der Waals surface area (Å²) in [5.74, 6) is 0.252. The number of nitrogens with one attached hydrogen (secondary N) is 1.